The van der Waals surface area contributed by atoms with E-state index in [4.69, 9.17) is 5.11 Å². The molecule has 1 atom stereocenters. The average Bonchev–Trinajstić information content (AvgIpc) is 2.41. The molecule has 0 fully saturated rings. The van der Waals surface area contributed by atoms with Gasteiger partial charge in [0.05, 0.1) is 0 Å². The zero-order valence-electron chi connectivity index (χ0n) is 12.9. The molecule has 0 bridgehead atoms. The molecule has 0 amide bonds. The summed E-state index contributed by atoms with van der Waals surface area (Å²) >= 11 is 0. The highest BCUT2D eigenvalue weighted by atomic mass is 16.4. The molecule has 0 aliphatic heterocycles. The van der Waals surface area contributed by atoms with Crippen molar-refractivity contribution in [1.29, 1.82) is 0 Å². The first-order valence-electron chi connectivity index (χ1n) is 7.29. The van der Waals surface area contributed by atoms with E-state index in [0.717, 1.165) is 18.7 Å². The first-order valence-corrected chi connectivity index (χ1v) is 7.29. The maximum absolute atomic E-state index is 11.1. The topological polar surface area (TPSA) is 52.6 Å². The first kappa shape index (κ1) is 16.5. The number of nitrogens with zero attached hydrogens (tertiary/aromatic N) is 1. The van der Waals surface area contributed by atoms with Crippen LogP contribution in [0, 0.1) is 5.92 Å². The molecule has 1 rings (SSSR count). The van der Waals surface area contributed by atoms with Crippen LogP contribution in [-0.2, 0) is 11.3 Å². The van der Waals surface area contributed by atoms with Gasteiger partial charge in [0.2, 0.25) is 0 Å². The molecule has 0 heterocycles. The molecule has 2 N–H and O–H groups in total. The van der Waals surface area contributed by atoms with Gasteiger partial charge in [0.25, 0.3) is 0 Å². The molecule has 112 valence electrons. The van der Waals surface area contributed by atoms with Gasteiger partial charge >= 0.3 is 5.97 Å². The summed E-state index contributed by atoms with van der Waals surface area (Å²) in [6.45, 7) is 10.7. The fraction of sp³-hybridized carbons (Fsp3) is 0.562. The highest BCUT2D eigenvalue weighted by molar-refractivity contribution is 5.73. The van der Waals surface area contributed by atoms with Crippen LogP contribution in [0.3, 0.4) is 0 Å². The van der Waals surface area contributed by atoms with Crippen LogP contribution in [0.25, 0.3) is 0 Å². The molecule has 0 radical (unpaired) electrons. The summed E-state index contributed by atoms with van der Waals surface area (Å²) in [5.74, 6) is -0.720. The molecule has 4 nitrogen and oxygen atoms in total. The minimum Gasteiger partial charge on any atom is -0.480 e. The van der Waals surface area contributed by atoms with Crippen molar-refractivity contribution in [3.63, 3.8) is 0 Å². The van der Waals surface area contributed by atoms with Crippen LogP contribution in [0.5, 0.6) is 0 Å². The number of carbonyl (C=O) groups is 1. The van der Waals surface area contributed by atoms with E-state index in [0.29, 0.717) is 6.54 Å². The van der Waals surface area contributed by atoms with Gasteiger partial charge < -0.3 is 15.3 Å². The molecule has 1 unspecified atom stereocenters. The molecule has 0 aromatic heterocycles. The van der Waals surface area contributed by atoms with Crippen molar-refractivity contribution in [2.45, 2.75) is 40.3 Å². The van der Waals surface area contributed by atoms with Gasteiger partial charge in [-0.15, -0.1) is 0 Å². The van der Waals surface area contributed by atoms with Crippen molar-refractivity contribution in [3.05, 3.63) is 29.8 Å². The van der Waals surface area contributed by atoms with Gasteiger partial charge in [-0.05, 0) is 37.5 Å². The molecule has 4 heteroatoms. The number of aliphatic carboxylic acids is 1. The number of benzene rings is 1. The molecule has 0 saturated carbocycles. The normalized spacial score (nSPS) is 12.4. The summed E-state index contributed by atoms with van der Waals surface area (Å²) in [4.78, 5) is 13.4. The lowest BCUT2D eigenvalue weighted by atomic mass is 10.0. The number of anilines is 1. The molecular weight excluding hydrogens is 252 g/mol. The smallest absolute Gasteiger partial charge is 0.320 e. The van der Waals surface area contributed by atoms with Crippen LogP contribution < -0.4 is 10.2 Å². The number of hydrogen-bond acceptors (Lipinski definition) is 3. The van der Waals surface area contributed by atoms with Gasteiger partial charge in [-0.2, -0.15) is 0 Å². The summed E-state index contributed by atoms with van der Waals surface area (Å²) < 4.78 is 0. The Hall–Kier alpha value is -1.55. The summed E-state index contributed by atoms with van der Waals surface area (Å²) in [7, 11) is 0. The Bertz CT molecular complexity index is 411. The Kier molecular flexibility index (Phi) is 6.52. The second-order valence-corrected chi connectivity index (χ2v) is 5.28. The van der Waals surface area contributed by atoms with E-state index in [2.05, 4.69) is 48.3 Å². The largest absolute Gasteiger partial charge is 0.480 e. The Morgan fingerprint density at radius 2 is 1.75 bits per heavy atom. The van der Waals surface area contributed by atoms with Crippen LogP contribution in [0.15, 0.2) is 24.3 Å². The summed E-state index contributed by atoms with van der Waals surface area (Å²) in [6, 6.07) is 7.79. The van der Waals surface area contributed by atoms with Crippen molar-refractivity contribution in [2.75, 3.05) is 18.0 Å². The quantitative estimate of drug-likeness (QED) is 0.767. The van der Waals surface area contributed by atoms with Gasteiger partial charge in [-0.25, -0.2) is 0 Å². The molecular formula is C16H26N2O2. The third kappa shape index (κ3) is 4.53. The lowest BCUT2D eigenvalue weighted by Crippen LogP contribution is -2.40. The minimum absolute atomic E-state index is 0.0717. The minimum atomic E-state index is -0.792. The average molecular weight is 278 g/mol. The van der Waals surface area contributed by atoms with Gasteiger partial charge in [0, 0.05) is 25.3 Å². The fourth-order valence-corrected chi connectivity index (χ4v) is 2.25. The van der Waals surface area contributed by atoms with Crippen molar-refractivity contribution < 1.29 is 9.90 Å². The van der Waals surface area contributed by atoms with Gasteiger partial charge in [-0.3, -0.25) is 4.79 Å². The van der Waals surface area contributed by atoms with E-state index in [1.165, 1.54) is 5.69 Å². The van der Waals surface area contributed by atoms with E-state index in [1.54, 1.807) is 0 Å². The zero-order valence-corrected chi connectivity index (χ0v) is 12.9. The predicted octanol–water partition coefficient (Wildman–Crippen LogP) is 2.73. The summed E-state index contributed by atoms with van der Waals surface area (Å²) in [5.41, 5.74) is 2.31. The van der Waals surface area contributed by atoms with Crippen LogP contribution in [0.1, 0.15) is 33.3 Å². The number of carboxylic acid groups (broad SMARTS) is 1. The molecule has 0 saturated heterocycles. The van der Waals surface area contributed by atoms with Crippen LogP contribution in [-0.4, -0.2) is 30.2 Å². The fourth-order valence-electron chi connectivity index (χ4n) is 2.25. The molecule has 1 aromatic rings. The van der Waals surface area contributed by atoms with Gasteiger partial charge in [0.15, 0.2) is 0 Å². The predicted molar refractivity (Wildman–Crippen MR) is 83.1 cm³/mol. The first-order chi connectivity index (χ1) is 9.49. The van der Waals surface area contributed by atoms with E-state index in [9.17, 15) is 4.79 Å². The van der Waals surface area contributed by atoms with E-state index < -0.39 is 12.0 Å². The molecule has 20 heavy (non-hydrogen) atoms. The SMILES string of the molecule is CCN(CC)c1ccc(CNC(C(=O)O)C(C)C)cc1. The lowest BCUT2D eigenvalue weighted by molar-refractivity contribution is -0.140. The molecule has 1 aromatic carbocycles. The molecule has 0 aliphatic carbocycles. The zero-order chi connectivity index (χ0) is 15.1. The highest BCUT2D eigenvalue weighted by Gasteiger charge is 2.20. The number of nitrogens with one attached hydrogen (secondary N) is 1. The van der Waals surface area contributed by atoms with Crippen molar-refractivity contribution >= 4 is 11.7 Å². The second-order valence-electron chi connectivity index (χ2n) is 5.28. The monoisotopic (exact) mass is 278 g/mol. The Morgan fingerprint density at radius 3 is 2.15 bits per heavy atom. The third-order valence-electron chi connectivity index (χ3n) is 3.52. The lowest BCUT2D eigenvalue weighted by Gasteiger charge is -2.21. The van der Waals surface area contributed by atoms with Crippen molar-refractivity contribution in [2.24, 2.45) is 5.92 Å². The maximum atomic E-state index is 11.1. The summed E-state index contributed by atoms with van der Waals surface area (Å²) in [6.07, 6.45) is 0. The van der Waals surface area contributed by atoms with E-state index in [1.807, 2.05) is 13.8 Å². The van der Waals surface area contributed by atoms with E-state index in [-0.39, 0.29) is 5.92 Å². The van der Waals surface area contributed by atoms with Crippen LogP contribution in [0.4, 0.5) is 5.69 Å². The van der Waals surface area contributed by atoms with Crippen molar-refractivity contribution in [1.82, 2.24) is 5.32 Å². The van der Waals surface area contributed by atoms with Gasteiger partial charge in [-0.1, -0.05) is 26.0 Å². The number of hydrogen-bond donors (Lipinski definition) is 2. The number of carboxylic acids is 1. The third-order valence-corrected chi connectivity index (χ3v) is 3.52. The summed E-state index contributed by atoms with van der Waals surface area (Å²) in [5, 5.41) is 12.2. The van der Waals surface area contributed by atoms with Gasteiger partial charge in [0.1, 0.15) is 6.04 Å². The second kappa shape index (κ2) is 7.90. The Morgan fingerprint density at radius 1 is 1.20 bits per heavy atom. The standard InChI is InChI=1S/C16H26N2O2/c1-5-18(6-2)14-9-7-13(8-10-14)11-17-15(12(3)4)16(19)20/h7-10,12,15,17H,5-6,11H2,1-4H3,(H,19,20). The molecule has 0 spiro atoms. The number of rotatable bonds is 8. The van der Waals surface area contributed by atoms with Crippen LogP contribution in [0.2, 0.25) is 0 Å². The highest BCUT2D eigenvalue weighted by Crippen LogP contribution is 2.15. The molecule has 0 aliphatic rings. The van der Waals surface area contributed by atoms with E-state index >= 15 is 0 Å². The Balaban J connectivity index is 2.63. The maximum Gasteiger partial charge on any atom is 0.320 e. The van der Waals surface area contributed by atoms with Crippen LogP contribution >= 0.6 is 0 Å². The Labute approximate surface area is 121 Å². The van der Waals surface area contributed by atoms with Crippen molar-refractivity contribution in [3.8, 4) is 0 Å².